The fourth-order valence-corrected chi connectivity index (χ4v) is 4.32. The standard InChI is InChI=1S/C21H22F2N4O3S2/c1-21(2,3)15-8-10-16(11-9-15)32(29,30)24-12-13-4-6-14(7-5-13)18(28)25-20-27-26-19(31-20)17(22)23/h4-11,17,24H,12H2,1-3H3,(H,25,27,28). The van der Waals surface area contributed by atoms with E-state index in [-0.39, 0.29) is 27.6 Å². The molecule has 7 nitrogen and oxygen atoms in total. The molecule has 2 N–H and O–H groups in total. The number of halogens is 2. The predicted octanol–water partition coefficient (Wildman–Crippen LogP) is 4.50. The number of hydrogen-bond donors (Lipinski definition) is 2. The lowest BCUT2D eigenvalue weighted by molar-refractivity contribution is 0.102. The van der Waals surface area contributed by atoms with Crippen molar-refractivity contribution in [2.45, 2.75) is 44.1 Å². The molecule has 0 aliphatic rings. The molecule has 1 aromatic heterocycles. The van der Waals surface area contributed by atoms with Crippen molar-refractivity contribution in [3.05, 3.63) is 70.2 Å². The zero-order chi connectivity index (χ0) is 23.5. The zero-order valence-electron chi connectivity index (χ0n) is 17.6. The summed E-state index contributed by atoms with van der Waals surface area (Å²) in [6.45, 7) is 6.19. The second-order valence-electron chi connectivity index (χ2n) is 8.00. The Hall–Kier alpha value is -2.76. The number of anilines is 1. The van der Waals surface area contributed by atoms with Gasteiger partial charge in [-0.25, -0.2) is 21.9 Å². The summed E-state index contributed by atoms with van der Waals surface area (Å²) in [6, 6.07) is 13.0. The summed E-state index contributed by atoms with van der Waals surface area (Å²) in [5, 5.41) is 8.71. The third kappa shape index (κ3) is 5.93. The van der Waals surface area contributed by atoms with Crippen molar-refractivity contribution in [3.8, 4) is 0 Å². The van der Waals surface area contributed by atoms with Crippen LogP contribution in [0.1, 0.15) is 53.7 Å². The van der Waals surface area contributed by atoms with E-state index in [0.29, 0.717) is 16.9 Å². The first-order chi connectivity index (χ1) is 15.0. The zero-order valence-corrected chi connectivity index (χ0v) is 19.2. The molecule has 0 fully saturated rings. The van der Waals surface area contributed by atoms with Crippen LogP contribution in [0.4, 0.5) is 13.9 Å². The molecular weight excluding hydrogens is 458 g/mol. The molecule has 0 saturated heterocycles. The van der Waals surface area contributed by atoms with E-state index >= 15 is 0 Å². The van der Waals surface area contributed by atoms with Crippen LogP contribution in [-0.4, -0.2) is 24.5 Å². The number of carbonyl (C=O) groups is 1. The predicted molar refractivity (Wildman–Crippen MR) is 118 cm³/mol. The van der Waals surface area contributed by atoms with E-state index < -0.39 is 27.4 Å². The largest absolute Gasteiger partial charge is 0.296 e. The molecule has 0 saturated carbocycles. The third-order valence-corrected chi connectivity index (χ3v) is 6.82. The van der Waals surface area contributed by atoms with Crippen LogP contribution >= 0.6 is 11.3 Å². The minimum Gasteiger partial charge on any atom is -0.296 e. The lowest BCUT2D eigenvalue weighted by Gasteiger charge is -2.19. The number of amides is 1. The lowest BCUT2D eigenvalue weighted by atomic mass is 9.87. The van der Waals surface area contributed by atoms with Gasteiger partial charge in [-0.3, -0.25) is 10.1 Å². The molecule has 0 radical (unpaired) electrons. The van der Waals surface area contributed by atoms with E-state index in [1.165, 1.54) is 12.1 Å². The van der Waals surface area contributed by atoms with Gasteiger partial charge in [0.2, 0.25) is 15.2 Å². The normalized spacial score (nSPS) is 12.2. The lowest BCUT2D eigenvalue weighted by Crippen LogP contribution is -2.23. The number of alkyl halides is 2. The molecule has 11 heteroatoms. The Morgan fingerprint density at radius 3 is 2.19 bits per heavy atom. The van der Waals surface area contributed by atoms with Gasteiger partial charge in [0.1, 0.15) is 0 Å². The number of nitrogens with zero attached hydrogens (tertiary/aromatic N) is 2. The van der Waals surface area contributed by atoms with Crippen molar-refractivity contribution in [2.75, 3.05) is 5.32 Å². The molecule has 3 rings (SSSR count). The van der Waals surface area contributed by atoms with Gasteiger partial charge in [0.25, 0.3) is 12.3 Å². The molecule has 0 aliphatic heterocycles. The van der Waals surface area contributed by atoms with Gasteiger partial charge in [0, 0.05) is 12.1 Å². The van der Waals surface area contributed by atoms with E-state index in [1.54, 1.807) is 36.4 Å². The summed E-state index contributed by atoms with van der Waals surface area (Å²) in [6.07, 6.45) is -2.75. The minimum atomic E-state index is -3.70. The monoisotopic (exact) mass is 480 g/mol. The molecule has 0 aliphatic carbocycles. The molecule has 0 unspecified atom stereocenters. The molecule has 170 valence electrons. The van der Waals surface area contributed by atoms with Crippen LogP contribution in [-0.2, 0) is 22.0 Å². The van der Waals surface area contributed by atoms with Crippen LogP contribution in [0, 0.1) is 0 Å². The van der Waals surface area contributed by atoms with Gasteiger partial charge in [-0.2, -0.15) is 0 Å². The van der Waals surface area contributed by atoms with E-state index in [2.05, 4.69) is 20.2 Å². The van der Waals surface area contributed by atoms with Gasteiger partial charge in [-0.15, -0.1) is 10.2 Å². The van der Waals surface area contributed by atoms with Crippen LogP contribution in [0.3, 0.4) is 0 Å². The Morgan fingerprint density at radius 2 is 1.66 bits per heavy atom. The molecule has 0 atom stereocenters. The van der Waals surface area contributed by atoms with E-state index in [0.717, 1.165) is 5.56 Å². The van der Waals surface area contributed by atoms with Gasteiger partial charge in [-0.1, -0.05) is 56.4 Å². The minimum absolute atomic E-state index is 0.0281. The van der Waals surface area contributed by atoms with Crippen molar-refractivity contribution in [2.24, 2.45) is 0 Å². The fourth-order valence-electron chi connectivity index (χ4n) is 2.71. The molecule has 32 heavy (non-hydrogen) atoms. The topological polar surface area (TPSA) is 101 Å². The molecule has 1 amide bonds. The number of hydrogen-bond acceptors (Lipinski definition) is 6. The third-order valence-electron chi connectivity index (χ3n) is 4.56. The number of benzene rings is 2. The summed E-state index contributed by atoms with van der Waals surface area (Å²) in [5.74, 6) is -0.534. The van der Waals surface area contributed by atoms with Gasteiger partial charge < -0.3 is 0 Å². The second-order valence-corrected chi connectivity index (χ2v) is 10.8. The number of nitrogens with one attached hydrogen (secondary N) is 2. The Morgan fingerprint density at radius 1 is 1.03 bits per heavy atom. The average molecular weight is 481 g/mol. The van der Waals surface area contributed by atoms with Crippen LogP contribution in [0.5, 0.6) is 0 Å². The Bertz CT molecular complexity index is 1190. The maximum absolute atomic E-state index is 12.6. The molecular formula is C21H22F2N4O3S2. The first-order valence-electron chi connectivity index (χ1n) is 9.58. The van der Waals surface area contributed by atoms with Crippen LogP contribution in [0.2, 0.25) is 0 Å². The van der Waals surface area contributed by atoms with E-state index in [4.69, 9.17) is 0 Å². The summed E-state index contributed by atoms with van der Waals surface area (Å²) >= 11 is 0.597. The number of carbonyl (C=O) groups excluding carboxylic acids is 1. The molecule has 2 aromatic carbocycles. The number of rotatable bonds is 7. The van der Waals surface area contributed by atoms with Crippen LogP contribution in [0.15, 0.2) is 53.4 Å². The summed E-state index contributed by atoms with van der Waals surface area (Å²) in [7, 11) is -3.70. The SMILES string of the molecule is CC(C)(C)c1ccc(S(=O)(=O)NCc2ccc(C(=O)Nc3nnc(C(F)F)s3)cc2)cc1. The Balaban J connectivity index is 1.60. The van der Waals surface area contributed by atoms with Crippen molar-refractivity contribution >= 4 is 32.4 Å². The number of sulfonamides is 1. The molecule has 0 spiro atoms. The van der Waals surface area contributed by atoms with Crippen molar-refractivity contribution in [3.63, 3.8) is 0 Å². The first kappa shape index (κ1) is 23.9. The average Bonchev–Trinajstić information content (AvgIpc) is 3.21. The maximum atomic E-state index is 12.6. The Kier molecular flexibility index (Phi) is 7.01. The van der Waals surface area contributed by atoms with Gasteiger partial charge in [0.05, 0.1) is 4.90 Å². The maximum Gasteiger partial charge on any atom is 0.291 e. The summed E-state index contributed by atoms with van der Waals surface area (Å²) in [5.41, 5.74) is 1.87. The highest BCUT2D eigenvalue weighted by atomic mass is 32.2. The van der Waals surface area contributed by atoms with Crippen molar-refractivity contribution in [1.82, 2.24) is 14.9 Å². The van der Waals surface area contributed by atoms with Gasteiger partial charge >= 0.3 is 0 Å². The van der Waals surface area contributed by atoms with Gasteiger partial charge in [-0.05, 0) is 40.8 Å². The number of aromatic nitrogens is 2. The van der Waals surface area contributed by atoms with Crippen LogP contribution in [0.25, 0.3) is 0 Å². The highest BCUT2D eigenvalue weighted by molar-refractivity contribution is 7.89. The Labute approximate surface area is 189 Å². The van der Waals surface area contributed by atoms with E-state index in [1.807, 2.05) is 20.8 Å². The molecule has 0 bridgehead atoms. The smallest absolute Gasteiger partial charge is 0.291 e. The summed E-state index contributed by atoms with van der Waals surface area (Å²) in [4.78, 5) is 12.4. The summed E-state index contributed by atoms with van der Waals surface area (Å²) < 4.78 is 52.8. The first-order valence-corrected chi connectivity index (χ1v) is 11.9. The quantitative estimate of drug-likeness (QED) is 0.518. The van der Waals surface area contributed by atoms with Crippen molar-refractivity contribution < 1.29 is 22.0 Å². The van der Waals surface area contributed by atoms with Crippen LogP contribution < -0.4 is 10.0 Å². The van der Waals surface area contributed by atoms with E-state index in [9.17, 15) is 22.0 Å². The second kappa shape index (κ2) is 9.39. The fraction of sp³-hybridized carbons (Fsp3) is 0.286. The highest BCUT2D eigenvalue weighted by Gasteiger charge is 2.18. The molecule has 3 aromatic rings. The molecule has 1 heterocycles. The van der Waals surface area contributed by atoms with Crippen molar-refractivity contribution in [1.29, 1.82) is 0 Å². The highest BCUT2D eigenvalue weighted by Crippen LogP contribution is 2.26. The van der Waals surface area contributed by atoms with Gasteiger partial charge in [0.15, 0.2) is 5.01 Å².